The summed E-state index contributed by atoms with van der Waals surface area (Å²) in [6, 6.07) is 14.6. The van der Waals surface area contributed by atoms with Crippen LogP contribution in [0.1, 0.15) is 24.0 Å². The molecular weight excluding hydrogens is 330 g/mol. The number of nitro groups is 1. The molecule has 0 aliphatic carbocycles. The molecule has 0 aromatic heterocycles. The van der Waals surface area contributed by atoms with Crippen LogP contribution in [-0.2, 0) is 11.3 Å². The highest BCUT2D eigenvalue weighted by molar-refractivity contribution is 5.92. The fourth-order valence-corrected chi connectivity index (χ4v) is 3.25. The van der Waals surface area contributed by atoms with Crippen molar-refractivity contribution in [2.75, 3.05) is 18.4 Å². The van der Waals surface area contributed by atoms with Crippen molar-refractivity contribution in [2.24, 2.45) is 5.92 Å². The molecule has 1 heterocycles. The Labute approximate surface area is 153 Å². The molecule has 1 aliphatic rings. The molecule has 1 aliphatic heterocycles. The highest BCUT2D eigenvalue weighted by atomic mass is 16.6. The second-order valence-electron chi connectivity index (χ2n) is 6.83. The summed E-state index contributed by atoms with van der Waals surface area (Å²) < 4.78 is 0. The van der Waals surface area contributed by atoms with Crippen LogP contribution < -0.4 is 5.32 Å². The van der Waals surface area contributed by atoms with Gasteiger partial charge >= 0.3 is 0 Å². The van der Waals surface area contributed by atoms with Crippen molar-refractivity contribution in [1.29, 1.82) is 0 Å². The Kier molecular flexibility index (Phi) is 5.63. The number of non-ortho nitro benzene ring substituents is 1. The van der Waals surface area contributed by atoms with Gasteiger partial charge in [0.1, 0.15) is 0 Å². The van der Waals surface area contributed by atoms with Gasteiger partial charge in [0.05, 0.1) is 4.92 Å². The minimum absolute atomic E-state index is 0.0179. The lowest BCUT2D eigenvalue weighted by Crippen LogP contribution is -2.37. The van der Waals surface area contributed by atoms with E-state index in [1.807, 2.05) is 0 Å². The molecule has 136 valence electrons. The summed E-state index contributed by atoms with van der Waals surface area (Å²) in [7, 11) is 0. The average Bonchev–Trinajstić information content (AvgIpc) is 2.64. The monoisotopic (exact) mass is 353 g/mol. The lowest BCUT2D eigenvalue weighted by atomic mass is 9.95. The quantitative estimate of drug-likeness (QED) is 0.656. The predicted octanol–water partition coefficient (Wildman–Crippen LogP) is 3.75. The number of aryl methyl sites for hydroxylation is 1. The number of carbonyl (C=O) groups is 1. The Bertz CT molecular complexity index is 781. The van der Waals surface area contributed by atoms with Gasteiger partial charge < -0.3 is 5.32 Å². The van der Waals surface area contributed by atoms with E-state index in [2.05, 4.69) is 41.4 Å². The minimum Gasteiger partial charge on any atom is -0.326 e. The zero-order valence-corrected chi connectivity index (χ0v) is 14.9. The van der Waals surface area contributed by atoms with Crippen LogP contribution in [0, 0.1) is 23.0 Å². The van der Waals surface area contributed by atoms with Gasteiger partial charge in [-0.05, 0) is 44.5 Å². The first-order chi connectivity index (χ1) is 12.5. The molecule has 0 unspecified atom stereocenters. The van der Waals surface area contributed by atoms with Crippen LogP contribution >= 0.6 is 0 Å². The van der Waals surface area contributed by atoms with Gasteiger partial charge in [0.25, 0.3) is 5.69 Å². The first kappa shape index (κ1) is 18.1. The molecule has 6 heteroatoms. The molecule has 0 atom stereocenters. The molecule has 26 heavy (non-hydrogen) atoms. The number of rotatable bonds is 5. The third-order valence-corrected chi connectivity index (χ3v) is 4.81. The summed E-state index contributed by atoms with van der Waals surface area (Å²) in [6.45, 7) is 4.73. The van der Waals surface area contributed by atoms with E-state index in [1.165, 1.54) is 23.3 Å². The maximum atomic E-state index is 12.5. The summed E-state index contributed by atoms with van der Waals surface area (Å²) in [4.78, 5) is 25.2. The van der Waals surface area contributed by atoms with Crippen LogP contribution in [0.15, 0.2) is 48.5 Å². The Morgan fingerprint density at radius 1 is 1.19 bits per heavy atom. The Balaban J connectivity index is 1.51. The number of hydrogen-bond acceptors (Lipinski definition) is 4. The maximum Gasteiger partial charge on any atom is 0.271 e. The van der Waals surface area contributed by atoms with E-state index in [1.54, 1.807) is 12.1 Å². The van der Waals surface area contributed by atoms with Crippen molar-refractivity contribution in [1.82, 2.24) is 4.90 Å². The van der Waals surface area contributed by atoms with Crippen molar-refractivity contribution in [3.63, 3.8) is 0 Å². The van der Waals surface area contributed by atoms with Gasteiger partial charge in [-0.25, -0.2) is 0 Å². The number of benzene rings is 2. The maximum absolute atomic E-state index is 12.5. The van der Waals surface area contributed by atoms with Gasteiger partial charge in [0.2, 0.25) is 5.91 Å². The number of nitro benzene ring substituents is 1. The van der Waals surface area contributed by atoms with Crippen molar-refractivity contribution < 1.29 is 9.72 Å². The number of nitrogens with zero attached hydrogens (tertiary/aromatic N) is 2. The largest absolute Gasteiger partial charge is 0.326 e. The van der Waals surface area contributed by atoms with Crippen LogP contribution in [0.5, 0.6) is 0 Å². The zero-order valence-electron chi connectivity index (χ0n) is 14.9. The highest BCUT2D eigenvalue weighted by Gasteiger charge is 2.25. The number of anilines is 1. The van der Waals surface area contributed by atoms with Gasteiger partial charge in [-0.1, -0.05) is 35.9 Å². The number of hydrogen-bond donors (Lipinski definition) is 1. The molecule has 2 aromatic rings. The summed E-state index contributed by atoms with van der Waals surface area (Å²) in [6.07, 6.45) is 1.60. The lowest BCUT2D eigenvalue weighted by Gasteiger charge is -2.31. The normalized spacial score (nSPS) is 15.6. The van der Waals surface area contributed by atoms with Crippen LogP contribution in [0.25, 0.3) is 0 Å². The molecule has 0 radical (unpaired) electrons. The van der Waals surface area contributed by atoms with Crippen LogP contribution in [0.4, 0.5) is 11.4 Å². The molecule has 0 spiro atoms. The molecule has 3 rings (SSSR count). The van der Waals surface area contributed by atoms with E-state index >= 15 is 0 Å². The summed E-state index contributed by atoms with van der Waals surface area (Å²) in [5.74, 6) is -0.107. The average molecular weight is 353 g/mol. The first-order valence-corrected chi connectivity index (χ1v) is 8.84. The Hall–Kier alpha value is -2.73. The van der Waals surface area contributed by atoms with E-state index in [4.69, 9.17) is 0 Å². The molecule has 1 amide bonds. The fourth-order valence-electron chi connectivity index (χ4n) is 3.25. The molecule has 1 fully saturated rings. The second kappa shape index (κ2) is 8.10. The Morgan fingerprint density at radius 2 is 1.88 bits per heavy atom. The van der Waals surface area contributed by atoms with Gasteiger partial charge in [-0.15, -0.1) is 0 Å². The Morgan fingerprint density at radius 3 is 2.54 bits per heavy atom. The van der Waals surface area contributed by atoms with Crippen molar-refractivity contribution in [3.8, 4) is 0 Å². The molecule has 1 saturated heterocycles. The molecule has 6 nitrogen and oxygen atoms in total. The predicted molar refractivity (Wildman–Crippen MR) is 101 cm³/mol. The summed E-state index contributed by atoms with van der Waals surface area (Å²) in [5, 5.41) is 13.6. The zero-order chi connectivity index (χ0) is 18.5. The number of carbonyl (C=O) groups excluding carboxylic acids is 1. The van der Waals surface area contributed by atoms with Gasteiger partial charge in [0.15, 0.2) is 0 Å². The molecule has 0 saturated carbocycles. The van der Waals surface area contributed by atoms with E-state index in [0.29, 0.717) is 5.69 Å². The lowest BCUT2D eigenvalue weighted by molar-refractivity contribution is -0.384. The van der Waals surface area contributed by atoms with E-state index in [0.717, 1.165) is 32.5 Å². The molecule has 0 bridgehead atoms. The van der Waals surface area contributed by atoms with Gasteiger partial charge in [-0.3, -0.25) is 19.8 Å². The third kappa shape index (κ3) is 4.67. The second-order valence-corrected chi connectivity index (χ2v) is 6.83. The van der Waals surface area contributed by atoms with Crippen LogP contribution in [-0.4, -0.2) is 28.8 Å². The van der Waals surface area contributed by atoms with E-state index < -0.39 is 4.92 Å². The van der Waals surface area contributed by atoms with E-state index in [-0.39, 0.29) is 17.5 Å². The number of amides is 1. The standard InChI is InChI=1S/C20H23N3O3/c1-15-5-7-16(8-6-15)14-22-11-9-17(10-12-22)20(24)21-18-3-2-4-19(13-18)23(25)26/h2-8,13,17H,9-12,14H2,1H3,(H,21,24). The SMILES string of the molecule is Cc1ccc(CN2CCC(C(=O)Nc3cccc([N+](=O)[O-])c3)CC2)cc1. The van der Waals surface area contributed by atoms with Crippen LogP contribution in [0.3, 0.4) is 0 Å². The summed E-state index contributed by atoms with van der Waals surface area (Å²) >= 11 is 0. The number of piperidine rings is 1. The van der Waals surface area contributed by atoms with Gasteiger partial charge in [-0.2, -0.15) is 0 Å². The minimum atomic E-state index is -0.459. The fraction of sp³-hybridized carbons (Fsp3) is 0.350. The van der Waals surface area contributed by atoms with E-state index in [9.17, 15) is 14.9 Å². The van der Waals surface area contributed by atoms with Gasteiger partial charge in [0, 0.05) is 30.3 Å². The third-order valence-electron chi connectivity index (χ3n) is 4.81. The van der Waals surface area contributed by atoms with Crippen LogP contribution in [0.2, 0.25) is 0 Å². The topological polar surface area (TPSA) is 75.5 Å². The number of nitrogens with one attached hydrogen (secondary N) is 1. The van der Waals surface area contributed by atoms with Crippen molar-refractivity contribution >= 4 is 17.3 Å². The first-order valence-electron chi connectivity index (χ1n) is 8.84. The molecule has 2 aromatic carbocycles. The molecule has 1 N–H and O–H groups in total. The highest BCUT2D eigenvalue weighted by Crippen LogP contribution is 2.22. The summed E-state index contributed by atoms with van der Waals surface area (Å²) in [5.41, 5.74) is 3.00. The smallest absolute Gasteiger partial charge is 0.271 e. The van der Waals surface area contributed by atoms with Crippen molar-refractivity contribution in [3.05, 3.63) is 69.8 Å². The number of likely N-dealkylation sites (tertiary alicyclic amines) is 1. The van der Waals surface area contributed by atoms with Crippen molar-refractivity contribution in [2.45, 2.75) is 26.3 Å². The molecular formula is C20H23N3O3.